The highest BCUT2D eigenvalue weighted by Crippen LogP contribution is 2.20. The second kappa shape index (κ2) is 3.36. The van der Waals surface area contributed by atoms with Gasteiger partial charge in [0.15, 0.2) is 0 Å². The molecule has 0 heterocycles. The van der Waals surface area contributed by atoms with Gasteiger partial charge >= 0.3 is 0 Å². The van der Waals surface area contributed by atoms with Crippen LogP contribution in [0.15, 0.2) is 0 Å². The van der Waals surface area contributed by atoms with E-state index < -0.39 is 0 Å². The summed E-state index contributed by atoms with van der Waals surface area (Å²) in [5.41, 5.74) is 0. The fraction of sp³-hybridized carbons (Fsp3) is 0.833. The molecule has 0 saturated carbocycles. The molecule has 1 nitrogen and oxygen atoms in total. The summed E-state index contributed by atoms with van der Waals surface area (Å²) in [6.07, 6.45) is 2.71. The maximum Gasteiger partial charge on any atom is 0.0444 e. The Morgan fingerprint density at radius 1 is 1.75 bits per heavy atom. The van der Waals surface area contributed by atoms with Crippen LogP contribution in [-0.4, -0.2) is 16.5 Å². The van der Waals surface area contributed by atoms with E-state index in [1.165, 1.54) is 0 Å². The van der Waals surface area contributed by atoms with Crippen molar-refractivity contribution in [2.45, 2.75) is 25.0 Å². The summed E-state index contributed by atoms with van der Waals surface area (Å²) in [5, 5.41) is 8.46. The lowest BCUT2D eigenvalue weighted by atomic mass is 10.1. The van der Waals surface area contributed by atoms with E-state index in [1.807, 2.05) is 20.3 Å². The molecule has 0 amide bonds. The molecule has 8 heavy (non-hydrogen) atoms. The third-order valence-corrected chi connectivity index (χ3v) is 1.72. The number of aliphatic hydroxyl groups is 1. The van der Waals surface area contributed by atoms with E-state index in [2.05, 4.69) is 12.6 Å². The molecular weight excluding hydrogens is 120 g/mol. The van der Waals surface area contributed by atoms with Crippen molar-refractivity contribution in [3.05, 3.63) is 6.42 Å². The van der Waals surface area contributed by atoms with Crippen LogP contribution in [0.5, 0.6) is 0 Å². The number of hydrogen-bond donors (Lipinski definition) is 2. The minimum absolute atomic E-state index is 0.0885. The first-order valence-electron chi connectivity index (χ1n) is 2.76. The van der Waals surface area contributed by atoms with Crippen molar-refractivity contribution in [3.63, 3.8) is 0 Å². The second-order valence-electron chi connectivity index (χ2n) is 2.12. The van der Waals surface area contributed by atoms with Crippen LogP contribution < -0.4 is 0 Å². The molecule has 0 rings (SSSR count). The topological polar surface area (TPSA) is 20.2 Å². The number of thiol groups is 1. The van der Waals surface area contributed by atoms with E-state index in [0.29, 0.717) is 0 Å². The average Bonchev–Trinajstić information content (AvgIpc) is 1.67. The van der Waals surface area contributed by atoms with Gasteiger partial charge in [-0.1, -0.05) is 13.8 Å². The van der Waals surface area contributed by atoms with Gasteiger partial charge < -0.3 is 5.11 Å². The van der Waals surface area contributed by atoms with Crippen LogP contribution in [0.3, 0.4) is 0 Å². The van der Waals surface area contributed by atoms with Crippen LogP contribution >= 0.6 is 12.6 Å². The Labute approximate surface area is 56.5 Å². The minimum atomic E-state index is -0.0885. The van der Waals surface area contributed by atoms with Crippen LogP contribution in [0.2, 0.25) is 0 Å². The number of hydrogen-bond acceptors (Lipinski definition) is 2. The normalized spacial score (nSPS) is 18.0. The zero-order chi connectivity index (χ0) is 6.62. The molecule has 0 aliphatic carbocycles. The molecule has 0 aliphatic heterocycles. The first kappa shape index (κ1) is 8.31. The molecule has 0 aliphatic rings. The van der Waals surface area contributed by atoms with Crippen LogP contribution in [0.25, 0.3) is 0 Å². The van der Waals surface area contributed by atoms with Gasteiger partial charge in [-0.05, 0) is 12.8 Å². The van der Waals surface area contributed by atoms with Crippen LogP contribution in [0, 0.1) is 6.42 Å². The molecule has 2 heteroatoms. The molecule has 0 aromatic rings. The highest BCUT2D eigenvalue weighted by atomic mass is 32.1. The standard InChI is InChI=1S/C6H13OS/c1-3-6(2,8)4-5-7/h3,7-8H,4-5H2,1-2H3. The third-order valence-electron chi connectivity index (χ3n) is 1.24. The Kier molecular flexibility index (Phi) is 3.49. The van der Waals surface area contributed by atoms with E-state index in [0.717, 1.165) is 6.42 Å². The average molecular weight is 133 g/mol. The Bertz CT molecular complexity index is 61.5. The van der Waals surface area contributed by atoms with Gasteiger partial charge in [-0.2, -0.15) is 12.6 Å². The first-order chi connectivity index (χ1) is 3.62. The van der Waals surface area contributed by atoms with Gasteiger partial charge in [0.1, 0.15) is 0 Å². The Hall–Kier alpha value is 0.310. The zero-order valence-electron chi connectivity index (χ0n) is 5.39. The van der Waals surface area contributed by atoms with Crippen molar-refractivity contribution in [3.8, 4) is 0 Å². The lowest BCUT2D eigenvalue weighted by molar-refractivity contribution is 0.278. The summed E-state index contributed by atoms with van der Waals surface area (Å²) in [7, 11) is 0. The molecule has 0 aromatic carbocycles. The maximum atomic E-state index is 8.46. The van der Waals surface area contributed by atoms with Crippen molar-refractivity contribution in [1.29, 1.82) is 0 Å². The molecule has 1 atom stereocenters. The molecule has 0 aromatic heterocycles. The molecule has 49 valence electrons. The summed E-state index contributed by atoms with van der Waals surface area (Å²) in [5.74, 6) is 0. The van der Waals surface area contributed by atoms with Gasteiger partial charge in [-0.15, -0.1) is 0 Å². The van der Waals surface area contributed by atoms with Gasteiger partial charge in [-0.3, -0.25) is 0 Å². The predicted octanol–water partition coefficient (Wildman–Crippen LogP) is 1.28. The smallest absolute Gasteiger partial charge is 0.0444 e. The summed E-state index contributed by atoms with van der Waals surface area (Å²) >= 11 is 4.25. The van der Waals surface area contributed by atoms with E-state index >= 15 is 0 Å². The van der Waals surface area contributed by atoms with Crippen molar-refractivity contribution < 1.29 is 5.11 Å². The summed E-state index contributed by atoms with van der Waals surface area (Å²) < 4.78 is -0.0885. The third kappa shape index (κ3) is 3.33. The Morgan fingerprint density at radius 2 is 2.25 bits per heavy atom. The maximum absolute atomic E-state index is 8.46. The van der Waals surface area contributed by atoms with Crippen LogP contribution in [-0.2, 0) is 0 Å². The Balaban J connectivity index is 3.37. The molecule has 0 bridgehead atoms. The van der Waals surface area contributed by atoms with Crippen molar-refractivity contribution in [1.82, 2.24) is 0 Å². The fourth-order valence-corrected chi connectivity index (χ4v) is 0.471. The molecule has 1 radical (unpaired) electrons. The quantitative estimate of drug-likeness (QED) is 0.556. The van der Waals surface area contributed by atoms with E-state index in [4.69, 9.17) is 5.11 Å². The largest absolute Gasteiger partial charge is 0.396 e. The van der Waals surface area contributed by atoms with E-state index in [1.54, 1.807) is 0 Å². The number of rotatable bonds is 3. The second-order valence-corrected chi connectivity index (χ2v) is 3.14. The molecular formula is C6H13OS. The van der Waals surface area contributed by atoms with Crippen molar-refractivity contribution in [2.24, 2.45) is 0 Å². The van der Waals surface area contributed by atoms with Crippen molar-refractivity contribution in [2.75, 3.05) is 6.61 Å². The van der Waals surface area contributed by atoms with Gasteiger partial charge in [-0.25, -0.2) is 0 Å². The van der Waals surface area contributed by atoms with Gasteiger partial charge in [0.2, 0.25) is 0 Å². The molecule has 1 N–H and O–H groups in total. The lowest BCUT2D eigenvalue weighted by Crippen LogP contribution is -2.16. The van der Waals surface area contributed by atoms with E-state index in [9.17, 15) is 0 Å². The molecule has 0 spiro atoms. The summed E-state index contributed by atoms with van der Waals surface area (Å²) in [6, 6.07) is 0. The van der Waals surface area contributed by atoms with Gasteiger partial charge in [0.25, 0.3) is 0 Å². The van der Waals surface area contributed by atoms with Gasteiger partial charge in [0.05, 0.1) is 0 Å². The fourth-order valence-electron chi connectivity index (χ4n) is 0.371. The van der Waals surface area contributed by atoms with E-state index in [-0.39, 0.29) is 11.4 Å². The lowest BCUT2D eigenvalue weighted by Gasteiger charge is -2.18. The summed E-state index contributed by atoms with van der Waals surface area (Å²) in [4.78, 5) is 0. The molecule has 1 unspecified atom stereocenters. The van der Waals surface area contributed by atoms with Crippen molar-refractivity contribution >= 4 is 12.6 Å². The van der Waals surface area contributed by atoms with Gasteiger partial charge in [0, 0.05) is 11.4 Å². The highest BCUT2D eigenvalue weighted by molar-refractivity contribution is 7.81. The highest BCUT2D eigenvalue weighted by Gasteiger charge is 2.14. The monoisotopic (exact) mass is 133 g/mol. The van der Waals surface area contributed by atoms with Crippen LogP contribution in [0.4, 0.5) is 0 Å². The zero-order valence-corrected chi connectivity index (χ0v) is 6.28. The first-order valence-corrected chi connectivity index (χ1v) is 3.21. The minimum Gasteiger partial charge on any atom is -0.396 e. The summed E-state index contributed by atoms with van der Waals surface area (Å²) in [6.45, 7) is 4.14. The van der Waals surface area contributed by atoms with Crippen LogP contribution in [0.1, 0.15) is 20.3 Å². The molecule has 0 fully saturated rings. The SMILES string of the molecule is C[CH]C(C)(S)CCO. The number of aliphatic hydroxyl groups excluding tert-OH is 1. The predicted molar refractivity (Wildman–Crippen MR) is 39.1 cm³/mol. The molecule has 0 saturated heterocycles. The Morgan fingerprint density at radius 3 is 2.38 bits per heavy atom.